The van der Waals surface area contributed by atoms with E-state index in [1.165, 1.54) is 0 Å². The predicted molar refractivity (Wildman–Crippen MR) is 75.5 cm³/mol. The van der Waals surface area contributed by atoms with Crippen molar-refractivity contribution in [2.75, 3.05) is 6.54 Å². The first-order valence-electron chi connectivity index (χ1n) is 6.92. The number of hydrogen-bond acceptors (Lipinski definition) is 3. The second kappa shape index (κ2) is 4.59. The molecule has 1 saturated heterocycles. The van der Waals surface area contributed by atoms with Crippen LogP contribution in [0, 0.1) is 0 Å². The van der Waals surface area contributed by atoms with Gasteiger partial charge in [-0.2, -0.15) is 0 Å². The fourth-order valence-electron chi connectivity index (χ4n) is 2.96. The number of fused-ring (bicyclic) bond motifs is 1. The van der Waals surface area contributed by atoms with Gasteiger partial charge in [0.2, 0.25) is 0 Å². The number of imidazole rings is 1. The van der Waals surface area contributed by atoms with Crippen molar-refractivity contribution in [1.82, 2.24) is 14.3 Å². The van der Waals surface area contributed by atoms with Gasteiger partial charge in [-0.05, 0) is 38.8 Å². The molecular formula is C15H19N3O2. The van der Waals surface area contributed by atoms with E-state index in [1.54, 1.807) is 37.3 Å². The summed E-state index contributed by atoms with van der Waals surface area (Å²) in [6.45, 7) is 4.24. The standard InChI is InChI=1S/C15H19N3O2/c1-15(2,20)13-4-3-6-18(13)14(19)11-5-7-17-10-16-9-12(17)8-11/h5,7-10,13,20H,3-4,6H2,1-2H3. The lowest BCUT2D eigenvalue weighted by molar-refractivity contribution is 0.000338. The van der Waals surface area contributed by atoms with Crippen LogP contribution in [0.25, 0.3) is 5.52 Å². The Bertz CT molecular complexity index is 642. The van der Waals surface area contributed by atoms with Crippen LogP contribution in [0.5, 0.6) is 0 Å². The van der Waals surface area contributed by atoms with Crippen LogP contribution >= 0.6 is 0 Å². The molecule has 1 fully saturated rings. The smallest absolute Gasteiger partial charge is 0.254 e. The van der Waals surface area contributed by atoms with Crippen LogP contribution in [0.1, 0.15) is 37.0 Å². The maximum atomic E-state index is 12.7. The molecule has 0 saturated carbocycles. The van der Waals surface area contributed by atoms with E-state index in [0.29, 0.717) is 12.1 Å². The number of rotatable bonds is 2. The highest BCUT2D eigenvalue weighted by Gasteiger charge is 2.38. The number of amides is 1. The monoisotopic (exact) mass is 273 g/mol. The lowest BCUT2D eigenvalue weighted by atomic mass is 9.96. The Labute approximate surface area is 117 Å². The van der Waals surface area contributed by atoms with Crippen molar-refractivity contribution in [2.45, 2.75) is 38.3 Å². The molecule has 1 N–H and O–H groups in total. The van der Waals surface area contributed by atoms with Crippen LogP contribution in [0.4, 0.5) is 0 Å². The minimum atomic E-state index is -0.868. The SMILES string of the molecule is CC(C)(O)C1CCCN1C(=O)c1ccn2cncc2c1. The van der Waals surface area contributed by atoms with Gasteiger partial charge in [0.25, 0.3) is 5.91 Å². The van der Waals surface area contributed by atoms with E-state index < -0.39 is 5.60 Å². The van der Waals surface area contributed by atoms with E-state index >= 15 is 0 Å². The van der Waals surface area contributed by atoms with Gasteiger partial charge in [0, 0.05) is 18.3 Å². The Kier molecular flexibility index (Phi) is 3.01. The zero-order valence-corrected chi connectivity index (χ0v) is 11.8. The lowest BCUT2D eigenvalue weighted by Gasteiger charge is -2.33. The summed E-state index contributed by atoms with van der Waals surface area (Å²) < 4.78 is 1.87. The number of hydrogen-bond donors (Lipinski definition) is 1. The van der Waals surface area contributed by atoms with Crippen molar-refractivity contribution >= 4 is 11.4 Å². The third-order valence-corrected chi connectivity index (χ3v) is 3.99. The lowest BCUT2D eigenvalue weighted by Crippen LogP contribution is -2.48. The zero-order chi connectivity index (χ0) is 14.3. The topological polar surface area (TPSA) is 57.8 Å². The van der Waals surface area contributed by atoms with Crippen molar-refractivity contribution in [2.24, 2.45) is 0 Å². The number of aliphatic hydroxyl groups is 1. The molecule has 0 radical (unpaired) electrons. The summed E-state index contributed by atoms with van der Waals surface area (Å²) >= 11 is 0. The number of aromatic nitrogens is 2. The van der Waals surface area contributed by atoms with Gasteiger partial charge in [-0.15, -0.1) is 0 Å². The van der Waals surface area contributed by atoms with E-state index in [9.17, 15) is 9.90 Å². The molecule has 1 unspecified atom stereocenters. The van der Waals surface area contributed by atoms with Gasteiger partial charge >= 0.3 is 0 Å². The third-order valence-electron chi connectivity index (χ3n) is 3.99. The molecule has 0 bridgehead atoms. The molecule has 3 rings (SSSR count). The Balaban J connectivity index is 1.91. The molecule has 106 valence electrons. The van der Waals surface area contributed by atoms with Gasteiger partial charge < -0.3 is 14.4 Å². The molecule has 1 atom stereocenters. The Hall–Kier alpha value is -1.88. The van der Waals surface area contributed by atoms with Gasteiger partial charge in [0.1, 0.15) is 0 Å². The quantitative estimate of drug-likeness (QED) is 0.906. The van der Waals surface area contributed by atoms with Crippen LogP contribution in [0.2, 0.25) is 0 Å². The Morgan fingerprint density at radius 2 is 2.30 bits per heavy atom. The minimum absolute atomic E-state index is 0.0154. The molecule has 3 heterocycles. The molecule has 0 aromatic carbocycles. The van der Waals surface area contributed by atoms with Crippen molar-refractivity contribution in [3.63, 3.8) is 0 Å². The van der Waals surface area contributed by atoms with Crippen LogP contribution in [-0.4, -0.2) is 43.5 Å². The van der Waals surface area contributed by atoms with Gasteiger partial charge in [0.05, 0.1) is 29.7 Å². The van der Waals surface area contributed by atoms with Gasteiger partial charge in [-0.25, -0.2) is 4.98 Å². The molecule has 1 aliphatic heterocycles. The molecule has 2 aromatic rings. The van der Waals surface area contributed by atoms with E-state index in [4.69, 9.17) is 0 Å². The van der Waals surface area contributed by atoms with Crippen LogP contribution in [0.15, 0.2) is 30.9 Å². The average molecular weight is 273 g/mol. The molecule has 0 spiro atoms. The first kappa shape index (κ1) is 13.1. The summed E-state index contributed by atoms with van der Waals surface area (Å²) in [5.41, 5.74) is 0.677. The van der Waals surface area contributed by atoms with E-state index in [0.717, 1.165) is 18.4 Å². The Morgan fingerprint density at radius 1 is 1.50 bits per heavy atom. The summed E-state index contributed by atoms with van der Waals surface area (Å²) in [4.78, 5) is 18.5. The molecule has 5 heteroatoms. The third kappa shape index (κ3) is 2.18. The molecule has 2 aromatic heterocycles. The summed E-state index contributed by atoms with van der Waals surface area (Å²) in [7, 11) is 0. The summed E-state index contributed by atoms with van der Waals surface area (Å²) in [6, 6.07) is 3.53. The maximum absolute atomic E-state index is 12.7. The largest absolute Gasteiger partial charge is 0.388 e. The summed E-state index contributed by atoms with van der Waals surface area (Å²) in [5.74, 6) is -0.0154. The van der Waals surface area contributed by atoms with Crippen LogP contribution < -0.4 is 0 Å². The fourth-order valence-corrected chi connectivity index (χ4v) is 2.96. The first-order chi connectivity index (χ1) is 9.47. The average Bonchev–Trinajstić information content (AvgIpc) is 3.05. The van der Waals surface area contributed by atoms with E-state index in [-0.39, 0.29) is 11.9 Å². The minimum Gasteiger partial charge on any atom is -0.388 e. The van der Waals surface area contributed by atoms with Gasteiger partial charge in [0.15, 0.2) is 0 Å². The van der Waals surface area contributed by atoms with E-state index in [2.05, 4.69) is 4.98 Å². The Morgan fingerprint density at radius 3 is 3.05 bits per heavy atom. The molecular weight excluding hydrogens is 254 g/mol. The number of likely N-dealkylation sites (tertiary alicyclic amines) is 1. The zero-order valence-electron chi connectivity index (χ0n) is 11.8. The number of pyridine rings is 1. The van der Waals surface area contributed by atoms with Crippen LogP contribution in [-0.2, 0) is 0 Å². The molecule has 5 nitrogen and oxygen atoms in total. The maximum Gasteiger partial charge on any atom is 0.254 e. The molecule has 20 heavy (non-hydrogen) atoms. The normalized spacial score (nSPS) is 19.8. The summed E-state index contributed by atoms with van der Waals surface area (Å²) in [5, 5.41) is 10.2. The highest BCUT2D eigenvalue weighted by molar-refractivity contribution is 5.95. The number of carbonyl (C=O) groups excluding carboxylic acids is 1. The summed E-state index contributed by atoms with van der Waals surface area (Å²) in [6.07, 6.45) is 7.07. The highest BCUT2D eigenvalue weighted by atomic mass is 16.3. The number of nitrogens with zero attached hydrogens (tertiary/aromatic N) is 3. The predicted octanol–water partition coefficient (Wildman–Crippen LogP) is 1.71. The van der Waals surface area contributed by atoms with Crippen molar-refractivity contribution in [3.8, 4) is 0 Å². The van der Waals surface area contributed by atoms with E-state index in [1.807, 2.05) is 16.7 Å². The van der Waals surface area contributed by atoms with Crippen molar-refractivity contribution in [3.05, 3.63) is 36.4 Å². The van der Waals surface area contributed by atoms with Gasteiger partial charge in [-0.3, -0.25) is 4.79 Å². The molecule has 1 aliphatic rings. The van der Waals surface area contributed by atoms with Crippen molar-refractivity contribution < 1.29 is 9.90 Å². The van der Waals surface area contributed by atoms with Crippen molar-refractivity contribution in [1.29, 1.82) is 0 Å². The first-order valence-corrected chi connectivity index (χ1v) is 6.92. The second-order valence-corrected chi connectivity index (χ2v) is 5.95. The second-order valence-electron chi connectivity index (χ2n) is 5.95. The highest BCUT2D eigenvalue weighted by Crippen LogP contribution is 2.28. The fraction of sp³-hybridized carbons (Fsp3) is 0.467. The number of carbonyl (C=O) groups is 1. The molecule has 1 amide bonds. The van der Waals surface area contributed by atoms with Gasteiger partial charge in [-0.1, -0.05) is 0 Å². The molecule has 0 aliphatic carbocycles. The van der Waals surface area contributed by atoms with Crippen LogP contribution in [0.3, 0.4) is 0 Å².